The number of morpholine rings is 1. The summed E-state index contributed by atoms with van der Waals surface area (Å²) in [5.41, 5.74) is 5.51. The number of aromatic amines is 1. The molecule has 178 valence electrons. The van der Waals surface area contributed by atoms with Crippen LogP contribution in [0, 0.1) is 6.92 Å². The molecule has 2 aromatic heterocycles. The summed E-state index contributed by atoms with van der Waals surface area (Å²) in [6, 6.07) is 7.62. The zero-order valence-electron chi connectivity index (χ0n) is 19.2. The van der Waals surface area contributed by atoms with Crippen molar-refractivity contribution in [2.75, 3.05) is 31.6 Å². The molecular weight excluding hydrogens is 454 g/mol. The first-order chi connectivity index (χ1) is 16.5. The maximum Gasteiger partial charge on any atom is 0.255 e. The molecule has 0 bridgehead atoms. The Kier molecular flexibility index (Phi) is 6.45. The van der Waals surface area contributed by atoms with Crippen LogP contribution in [0.25, 0.3) is 11.3 Å². The molecule has 4 heterocycles. The molecule has 0 spiro atoms. The second kappa shape index (κ2) is 9.66. The lowest BCUT2D eigenvalue weighted by molar-refractivity contribution is 0.000245. The van der Waals surface area contributed by atoms with E-state index < -0.39 is 0 Å². The fourth-order valence-corrected chi connectivity index (χ4v) is 4.60. The summed E-state index contributed by atoms with van der Waals surface area (Å²) in [4.78, 5) is 20.8. The molecule has 2 aliphatic rings. The van der Waals surface area contributed by atoms with Gasteiger partial charge in [-0.3, -0.25) is 9.78 Å². The number of carbonyl (C=O) groups is 1. The van der Waals surface area contributed by atoms with Crippen molar-refractivity contribution in [1.82, 2.24) is 20.6 Å². The fraction of sp³-hybridized carbons (Fsp3) is 0.360. The van der Waals surface area contributed by atoms with Crippen LogP contribution in [0.2, 0.25) is 5.02 Å². The van der Waals surface area contributed by atoms with Crippen molar-refractivity contribution < 1.29 is 14.3 Å². The van der Waals surface area contributed by atoms with Gasteiger partial charge >= 0.3 is 0 Å². The predicted octanol–water partition coefficient (Wildman–Crippen LogP) is 3.82. The molecule has 4 N–H and O–H groups in total. The highest BCUT2D eigenvalue weighted by atomic mass is 35.5. The summed E-state index contributed by atoms with van der Waals surface area (Å²) >= 11 is 6.37. The number of carbonyl (C=O) groups excluding carboxylic acids is 1. The van der Waals surface area contributed by atoms with E-state index in [0.717, 1.165) is 41.3 Å². The quantitative estimate of drug-likeness (QED) is 0.427. The Balaban J connectivity index is 1.56. The zero-order valence-corrected chi connectivity index (χ0v) is 20.0. The summed E-state index contributed by atoms with van der Waals surface area (Å²) in [5.74, 6) is 0.506. The van der Waals surface area contributed by atoms with Crippen molar-refractivity contribution in [3.63, 3.8) is 0 Å². The minimum atomic E-state index is -0.114. The molecule has 34 heavy (non-hydrogen) atoms. The molecule has 0 aliphatic carbocycles. The Hall–Kier alpha value is -3.07. The Bertz CT molecular complexity index is 1210. The van der Waals surface area contributed by atoms with Gasteiger partial charge in [-0.05, 0) is 37.6 Å². The van der Waals surface area contributed by atoms with Crippen molar-refractivity contribution in [1.29, 1.82) is 0 Å². The highest BCUT2D eigenvalue weighted by Gasteiger charge is 2.31. The van der Waals surface area contributed by atoms with Crippen LogP contribution in [0.3, 0.4) is 0 Å². The number of ether oxygens (including phenoxy) is 2. The van der Waals surface area contributed by atoms with E-state index in [9.17, 15) is 4.79 Å². The molecule has 9 heteroatoms. The highest BCUT2D eigenvalue weighted by molar-refractivity contribution is 6.31. The van der Waals surface area contributed by atoms with Crippen LogP contribution in [0.5, 0.6) is 5.75 Å². The van der Waals surface area contributed by atoms with E-state index >= 15 is 0 Å². The summed E-state index contributed by atoms with van der Waals surface area (Å²) in [5, 5.41) is 10.5. The third kappa shape index (κ3) is 4.49. The van der Waals surface area contributed by atoms with Crippen LogP contribution in [0.4, 0.5) is 11.4 Å². The second-order valence-electron chi connectivity index (χ2n) is 8.72. The van der Waals surface area contributed by atoms with Gasteiger partial charge in [0.25, 0.3) is 5.91 Å². The number of fused-ring (bicyclic) bond motifs is 1. The van der Waals surface area contributed by atoms with Gasteiger partial charge in [-0.1, -0.05) is 17.7 Å². The smallest absolute Gasteiger partial charge is 0.255 e. The minimum absolute atomic E-state index is 0.0306. The number of amides is 1. The lowest BCUT2D eigenvalue weighted by Gasteiger charge is -2.24. The number of aromatic nitrogens is 2. The maximum absolute atomic E-state index is 13.1. The van der Waals surface area contributed by atoms with E-state index in [-0.39, 0.29) is 18.1 Å². The topological polar surface area (TPSA) is 100 Å². The van der Waals surface area contributed by atoms with Crippen molar-refractivity contribution in [3.05, 3.63) is 58.5 Å². The normalized spacial score (nSPS) is 19.9. The third-order valence-electron chi connectivity index (χ3n) is 6.20. The van der Waals surface area contributed by atoms with E-state index in [2.05, 4.69) is 25.9 Å². The van der Waals surface area contributed by atoms with Gasteiger partial charge in [-0.25, -0.2) is 0 Å². The lowest BCUT2D eigenvalue weighted by Crippen LogP contribution is -2.41. The number of anilines is 2. The van der Waals surface area contributed by atoms with Crippen molar-refractivity contribution in [2.24, 2.45) is 0 Å². The van der Waals surface area contributed by atoms with Crippen LogP contribution >= 0.6 is 11.6 Å². The van der Waals surface area contributed by atoms with Crippen molar-refractivity contribution >= 4 is 28.9 Å². The Morgan fingerprint density at radius 1 is 1.32 bits per heavy atom. The van der Waals surface area contributed by atoms with E-state index in [1.165, 1.54) is 0 Å². The van der Waals surface area contributed by atoms with Gasteiger partial charge in [0, 0.05) is 53.7 Å². The molecule has 8 nitrogen and oxygen atoms in total. The number of nitrogens with one attached hydrogen (secondary N) is 4. The first kappa shape index (κ1) is 22.7. The number of pyridine rings is 1. The third-order valence-corrected chi connectivity index (χ3v) is 6.61. The van der Waals surface area contributed by atoms with Gasteiger partial charge in [0.05, 0.1) is 29.7 Å². The van der Waals surface area contributed by atoms with Crippen LogP contribution in [0.15, 0.2) is 36.7 Å². The predicted molar refractivity (Wildman–Crippen MR) is 132 cm³/mol. The SMILES string of the molecule is Cc1c(Cl)cccc1Nc1c(-c2ccncc2OC[C@@H]2CNCCO2)[nH]c2c1C(=O)N[C@H](C)C2. The average molecular weight is 482 g/mol. The number of H-pyrrole nitrogens is 1. The Morgan fingerprint density at radius 2 is 2.21 bits per heavy atom. The van der Waals surface area contributed by atoms with Crippen LogP contribution in [-0.2, 0) is 11.2 Å². The average Bonchev–Trinajstić information content (AvgIpc) is 3.19. The molecule has 5 rings (SSSR count). The molecule has 2 atom stereocenters. The standard InChI is InChI=1S/C25H28ClN5O3/c1-14-10-20-22(25(32)29-14)24(30-19-5-3-4-18(26)15(19)2)23(31-20)17-6-7-27-12-21(17)34-13-16-11-28-8-9-33-16/h3-7,12,14,16,28,30-31H,8-11,13H2,1-2H3,(H,29,32)/t14-,16+/m1/s1. The summed E-state index contributed by atoms with van der Waals surface area (Å²) in [6.45, 7) is 6.60. The number of benzene rings is 1. The Morgan fingerprint density at radius 3 is 3.03 bits per heavy atom. The van der Waals surface area contributed by atoms with Gasteiger partial charge < -0.3 is 30.4 Å². The molecular formula is C25H28ClN5O3. The summed E-state index contributed by atoms with van der Waals surface area (Å²) < 4.78 is 11.9. The Labute approximate surface area is 203 Å². The van der Waals surface area contributed by atoms with Crippen molar-refractivity contribution in [3.8, 4) is 17.0 Å². The zero-order chi connectivity index (χ0) is 23.7. The first-order valence-electron chi connectivity index (χ1n) is 11.5. The molecule has 0 radical (unpaired) electrons. The lowest BCUT2D eigenvalue weighted by atomic mass is 10.0. The van der Waals surface area contributed by atoms with Gasteiger partial charge in [-0.2, -0.15) is 0 Å². The van der Waals surface area contributed by atoms with Gasteiger partial charge in [0.1, 0.15) is 18.5 Å². The monoisotopic (exact) mass is 481 g/mol. The largest absolute Gasteiger partial charge is 0.488 e. The van der Waals surface area contributed by atoms with E-state index in [4.69, 9.17) is 21.1 Å². The van der Waals surface area contributed by atoms with Gasteiger partial charge in [0.2, 0.25) is 0 Å². The molecule has 1 saturated heterocycles. The van der Waals surface area contributed by atoms with Gasteiger partial charge in [-0.15, -0.1) is 0 Å². The summed E-state index contributed by atoms with van der Waals surface area (Å²) in [7, 11) is 0. The maximum atomic E-state index is 13.1. The minimum Gasteiger partial charge on any atom is -0.488 e. The van der Waals surface area contributed by atoms with Crippen LogP contribution in [-0.4, -0.2) is 54.3 Å². The van der Waals surface area contributed by atoms with E-state index in [1.54, 1.807) is 12.4 Å². The van der Waals surface area contributed by atoms with E-state index in [0.29, 0.717) is 41.7 Å². The van der Waals surface area contributed by atoms with Gasteiger partial charge in [0.15, 0.2) is 0 Å². The number of halogens is 1. The number of hydrogen-bond acceptors (Lipinski definition) is 6. The molecule has 2 aliphatic heterocycles. The van der Waals surface area contributed by atoms with Crippen LogP contribution < -0.4 is 20.7 Å². The molecule has 1 fully saturated rings. The molecule has 1 aromatic carbocycles. The molecule has 0 saturated carbocycles. The fourth-order valence-electron chi connectivity index (χ4n) is 4.42. The summed E-state index contributed by atoms with van der Waals surface area (Å²) in [6.07, 6.45) is 4.09. The molecule has 0 unspecified atom stereocenters. The highest BCUT2D eigenvalue weighted by Crippen LogP contribution is 2.41. The number of rotatable bonds is 6. The number of hydrogen-bond donors (Lipinski definition) is 4. The van der Waals surface area contributed by atoms with Crippen LogP contribution in [0.1, 0.15) is 28.5 Å². The molecule has 1 amide bonds. The first-order valence-corrected chi connectivity index (χ1v) is 11.9. The second-order valence-corrected chi connectivity index (χ2v) is 9.13. The van der Waals surface area contributed by atoms with Crippen molar-refractivity contribution in [2.45, 2.75) is 32.4 Å². The molecule has 3 aromatic rings. The number of nitrogens with zero attached hydrogens (tertiary/aromatic N) is 1. The van der Waals surface area contributed by atoms with E-state index in [1.807, 2.05) is 38.1 Å².